The van der Waals surface area contributed by atoms with Crippen LogP contribution in [0.1, 0.15) is 25.0 Å². The van der Waals surface area contributed by atoms with Gasteiger partial charge in [0.1, 0.15) is 11.5 Å². The van der Waals surface area contributed by atoms with E-state index in [2.05, 4.69) is 10.6 Å². The van der Waals surface area contributed by atoms with E-state index in [1.165, 1.54) is 0 Å². The van der Waals surface area contributed by atoms with Crippen molar-refractivity contribution in [2.24, 2.45) is 5.41 Å². The summed E-state index contributed by atoms with van der Waals surface area (Å²) in [5, 5.41) is 6.47. The summed E-state index contributed by atoms with van der Waals surface area (Å²) >= 11 is 0. The lowest BCUT2D eigenvalue weighted by molar-refractivity contribution is -0.122. The molecule has 5 heteroatoms. The van der Waals surface area contributed by atoms with Crippen LogP contribution >= 0.6 is 0 Å². The number of benzene rings is 1. The molecule has 1 amide bonds. The van der Waals surface area contributed by atoms with E-state index in [-0.39, 0.29) is 11.3 Å². The molecule has 3 rings (SSSR count). The van der Waals surface area contributed by atoms with E-state index in [0.29, 0.717) is 26.0 Å². The van der Waals surface area contributed by atoms with E-state index in [1.54, 1.807) is 7.11 Å². The summed E-state index contributed by atoms with van der Waals surface area (Å²) in [5.74, 6) is 1.75. The first-order valence-corrected chi connectivity index (χ1v) is 9.31. The highest BCUT2D eigenvalue weighted by molar-refractivity contribution is 5.76. The molecular weight excluding hydrogens is 328 g/mol. The van der Waals surface area contributed by atoms with Gasteiger partial charge in [-0.1, -0.05) is 30.3 Å². The van der Waals surface area contributed by atoms with E-state index in [4.69, 9.17) is 9.15 Å². The number of hydrogen-bond donors (Lipinski definition) is 2. The Kier molecular flexibility index (Phi) is 6.47. The van der Waals surface area contributed by atoms with Crippen LogP contribution in [0.3, 0.4) is 0 Å². The molecule has 0 aliphatic carbocycles. The first kappa shape index (κ1) is 18.7. The van der Waals surface area contributed by atoms with Crippen LogP contribution in [0.15, 0.2) is 46.9 Å². The highest BCUT2D eigenvalue weighted by Gasteiger charge is 2.32. The molecule has 2 N–H and O–H groups in total. The molecule has 0 radical (unpaired) electrons. The zero-order valence-electron chi connectivity index (χ0n) is 15.4. The predicted molar refractivity (Wildman–Crippen MR) is 102 cm³/mol. The molecule has 140 valence electrons. The average Bonchev–Trinajstić information content (AvgIpc) is 3.16. The van der Waals surface area contributed by atoms with E-state index in [9.17, 15) is 4.79 Å². The lowest BCUT2D eigenvalue weighted by atomic mass is 9.79. The van der Waals surface area contributed by atoms with Gasteiger partial charge in [-0.2, -0.15) is 0 Å². The Hall–Kier alpha value is -2.11. The molecule has 1 saturated heterocycles. The monoisotopic (exact) mass is 356 g/mol. The van der Waals surface area contributed by atoms with Crippen LogP contribution < -0.4 is 10.6 Å². The smallest absolute Gasteiger partial charge is 0.220 e. The van der Waals surface area contributed by atoms with Crippen LogP contribution in [0, 0.1) is 5.41 Å². The number of nitrogens with one attached hydrogen (secondary N) is 2. The second-order valence-corrected chi connectivity index (χ2v) is 7.09. The fourth-order valence-electron chi connectivity index (χ4n) is 3.52. The minimum atomic E-state index is 0.0564. The summed E-state index contributed by atoms with van der Waals surface area (Å²) in [4.78, 5) is 12.3. The number of ether oxygens (including phenoxy) is 1. The molecule has 0 unspecified atom stereocenters. The number of hydrogen-bond acceptors (Lipinski definition) is 4. The average molecular weight is 356 g/mol. The summed E-state index contributed by atoms with van der Waals surface area (Å²) in [6.07, 6.45) is 3.10. The van der Waals surface area contributed by atoms with Crippen molar-refractivity contribution in [2.75, 3.05) is 33.4 Å². The Bertz CT molecular complexity index is 685. The summed E-state index contributed by atoms with van der Waals surface area (Å²) in [6, 6.07) is 13.9. The maximum atomic E-state index is 12.3. The first-order valence-electron chi connectivity index (χ1n) is 9.31. The van der Waals surface area contributed by atoms with Gasteiger partial charge in [-0.25, -0.2) is 0 Å². The number of rotatable bonds is 8. The van der Waals surface area contributed by atoms with Gasteiger partial charge in [0.2, 0.25) is 5.91 Å². The zero-order valence-corrected chi connectivity index (χ0v) is 15.4. The SMILES string of the molecule is COCC1(CNC(=O)CCc2ccc(-c3ccccc3)o2)CCNCC1. The largest absolute Gasteiger partial charge is 0.461 e. The van der Waals surface area contributed by atoms with E-state index in [1.807, 2.05) is 42.5 Å². The van der Waals surface area contributed by atoms with Crippen LogP contribution in [-0.2, 0) is 16.0 Å². The maximum Gasteiger partial charge on any atom is 0.220 e. The highest BCUT2D eigenvalue weighted by Crippen LogP contribution is 2.28. The van der Waals surface area contributed by atoms with Crippen molar-refractivity contribution >= 4 is 5.91 Å². The fraction of sp³-hybridized carbons (Fsp3) is 0.476. The summed E-state index contributed by atoms with van der Waals surface area (Å²) in [5.41, 5.74) is 1.11. The molecule has 1 fully saturated rings. The molecule has 1 aliphatic rings. The van der Waals surface area contributed by atoms with Crippen LogP contribution in [0.25, 0.3) is 11.3 Å². The van der Waals surface area contributed by atoms with Crippen molar-refractivity contribution in [3.8, 4) is 11.3 Å². The lowest BCUT2D eigenvalue weighted by Gasteiger charge is -2.37. The molecule has 0 saturated carbocycles. The van der Waals surface area contributed by atoms with Gasteiger partial charge in [-0.3, -0.25) is 4.79 Å². The normalized spacial score (nSPS) is 16.3. The molecule has 0 atom stereocenters. The summed E-state index contributed by atoms with van der Waals surface area (Å²) in [6.45, 7) is 3.32. The van der Waals surface area contributed by atoms with Gasteiger partial charge in [0.15, 0.2) is 0 Å². The van der Waals surface area contributed by atoms with E-state index >= 15 is 0 Å². The number of carbonyl (C=O) groups excluding carboxylic acids is 1. The molecule has 2 aromatic rings. The summed E-state index contributed by atoms with van der Waals surface area (Å²) < 4.78 is 11.3. The van der Waals surface area contributed by atoms with Gasteiger partial charge in [0.25, 0.3) is 0 Å². The van der Waals surface area contributed by atoms with Crippen molar-refractivity contribution in [1.82, 2.24) is 10.6 Å². The van der Waals surface area contributed by atoms with Gasteiger partial charge in [0, 0.05) is 37.5 Å². The Morgan fingerprint density at radius 2 is 1.96 bits per heavy atom. The third-order valence-electron chi connectivity index (χ3n) is 5.09. The number of furan rings is 1. The molecule has 0 bridgehead atoms. The lowest BCUT2D eigenvalue weighted by Crippen LogP contribution is -2.47. The molecule has 26 heavy (non-hydrogen) atoms. The minimum Gasteiger partial charge on any atom is -0.461 e. The van der Waals surface area contributed by atoms with E-state index < -0.39 is 0 Å². The van der Waals surface area contributed by atoms with Gasteiger partial charge >= 0.3 is 0 Å². The van der Waals surface area contributed by atoms with Crippen molar-refractivity contribution in [1.29, 1.82) is 0 Å². The molecule has 2 heterocycles. The quantitative estimate of drug-likeness (QED) is 0.763. The highest BCUT2D eigenvalue weighted by atomic mass is 16.5. The standard InChI is InChI=1S/C21H28N2O3/c1-25-16-21(11-13-22-14-12-21)15-23-20(24)10-8-18-7-9-19(26-18)17-5-3-2-4-6-17/h2-7,9,22H,8,10-16H2,1H3,(H,23,24). The van der Waals surface area contributed by atoms with Crippen molar-refractivity contribution in [3.63, 3.8) is 0 Å². The Morgan fingerprint density at radius 1 is 1.19 bits per heavy atom. The Balaban J connectivity index is 1.47. The van der Waals surface area contributed by atoms with Crippen LogP contribution in [-0.4, -0.2) is 39.3 Å². The number of carbonyl (C=O) groups is 1. The molecule has 0 spiro atoms. The Morgan fingerprint density at radius 3 is 2.69 bits per heavy atom. The second kappa shape index (κ2) is 9.01. The fourth-order valence-corrected chi connectivity index (χ4v) is 3.52. The molecule has 5 nitrogen and oxygen atoms in total. The molecule has 1 aliphatic heterocycles. The minimum absolute atomic E-state index is 0.0564. The van der Waals surface area contributed by atoms with Gasteiger partial charge < -0.3 is 19.8 Å². The zero-order chi connectivity index (χ0) is 18.2. The second-order valence-electron chi connectivity index (χ2n) is 7.09. The van der Waals surface area contributed by atoms with E-state index in [0.717, 1.165) is 43.0 Å². The summed E-state index contributed by atoms with van der Waals surface area (Å²) in [7, 11) is 1.73. The molecule has 1 aromatic heterocycles. The number of piperidine rings is 1. The van der Waals surface area contributed by atoms with Crippen LogP contribution in [0.5, 0.6) is 0 Å². The van der Waals surface area contributed by atoms with Crippen molar-refractivity contribution in [2.45, 2.75) is 25.7 Å². The molecular formula is C21H28N2O3. The van der Waals surface area contributed by atoms with Gasteiger partial charge in [0.05, 0.1) is 6.61 Å². The third-order valence-corrected chi connectivity index (χ3v) is 5.09. The number of aryl methyl sites for hydroxylation is 1. The van der Waals surface area contributed by atoms with Crippen molar-refractivity contribution < 1.29 is 13.9 Å². The Labute approximate surface area is 155 Å². The van der Waals surface area contributed by atoms with Gasteiger partial charge in [-0.05, 0) is 38.1 Å². The van der Waals surface area contributed by atoms with Crippen LogP contribution in [0.4, 0.5) is 0 Å². The number of amides is 1. The van der Waals surface area contributed by atoms with Crippen LogP contribution in [0.2, 0.25) is 0 Å². The third kappa shape index (κ3) is 4.96. The predicted octanol–water partition coefficient (Wildman–Crippen LogP) is 3.01. The number of methoxy groups -OCH3 is 1. The first-order chi connectivity index (χ1) is 12.7. The van der Waals surface area contributed by atoms with Crippen molar-refractivity contribution in [3.05, 3.63) is 48.2 Å². The van der Waals surface area contributed by atoms with Gasteiger partial charge in [-0.15, -0.1) is 0 Å². The maximum absolute atomic E-state index is 12.3. The molecule has 1 aromatic carbocycles. The topological polar surface area (TPSA) is 63.5 Å².